The molecule has 7 rings (SSSR count). The van der Waals surface area contributed by atoms with Crippen molar-refractivity contribution in [2.24, 2.45) is 10.7 Å². The van der Waals surface area contributed by atoms with Gasteiger partial charge < -0.3 is 46.9 Å². The average Bonchev–Trinajstić information content (AvgIpc) is 4.18. The lowest BCUT2D eigenvalue weighted by atomic mass is 10.0. The number of aromatic hydroxyl groups is 2. The summed E-state index contributed by atoms with van der Waals surface area (Å²) in [7, 11) is 2.58. The van der Waals surface area contributed by atoms with Crippen LogP contribution in [0.5, 0.6) is 23.0 Å². The number of nitrogen functional groups attached to an aromatic ring is 1. The van der Waals surface area contributed by atoms with Crippen molar-refractivity contribution < 1.29 is 39.2 Å². The number of amidine groups is 1. The second kappa shape index (κ2) is 33.6. The molecule has 4 aromatic carbocycles. The zero-order valence-corrected chi connectivity index (χ0v) is 47.5. The number of Topliss-reactive ketones (excluding diaryl/α,β-unsaturated/α-hetero) is 1. The summed E-state index contributed by atoms with van der Waals surface area (Å²) in [4.78, 5) is 47.0. The minimum atomic E-state index is -0.833. The number of likely N-dealkylation sites (tertiary alicyclic amines) is 2. The first-order chi connectivity index (χ1) is 35.6. The number of carbonyl (C=O) groups is 3. The normalized spacial score (nSPS) is 13.3. The number of phenolic OH excluding ortho intramolecular Hbond substituents is 2. The first-order valence-electron chi connectivity index (χ1n) is 24.5. The highest BCUT2D eigenvalue weighted by molar-refractivity contribution is 9.09. The molecule has 2 fully saturated rings. The second-order valence-electron chi connectivity index (χ2n) is 17.0. The van der Waals surface area contributed by atoms with Crippen LogP contribution in [0.2, 0.25) is 0 Å². The van der Waals surface area contributed by atoms with Gasteiger partial charge in [-0.15, -0.1) is 9.24 Å². The lowest BCUT2D eigenvalue weighted by Gasteiger charge is -2.15. The van der Waals surface area contributed by atoms with Gasteiger partial charge in [-0.1, -0.05) is 65.7 Å². The number of alkyl halides is 1. The molecule has 16 nitrogen and oxygen atoms in total. The molecule has 1 aromatic heterocycles. The Morgan fingerprint density at radius 2 is 1.28 bits per heavy atom. The number of thiocarbonyl (C=S) groups is 1. The third-order valence-corrected chi connectivity index (χ3v) is 13.9. The van der Waals surface area contributed by atoms with E-state index in [1.807, 2.05) is 62.4 Å². The zero-order valence-electron chi connectivity index (χ0n) is 42.3. The number of halogens is 1. The Kier molecular flexibility index (Phi) is 27.8. The quantitative estimate of drug-likeness (QED) is 0.00958. The minimum Gasteiger partial charge on any atom is -0.508 e. The van der Waals surface area contributed by atoms with Crippen molar-refractivity contribution in [1.82, 2.24) is 14.8 Å². The molecule has 0 amide bonds. The molecule has 21 heteroatoms. The molecule has 400 valence electrons. The fourth-order valence-electron chi connectivity index (χ4n) is 7.54. The van der Waals surface area contributed by atoms with Gasteiger partial charge in [0.1, 0.15) is 46.9 Å². The van der Waals surface area contributed by atoms with Gasteiger partial charge in [-0.25, -0.2) is 4.98 Å². The molecule has 0 spiro atoms. The van der Waals surface area contributed by atoms with Crippen molar-refractivity contribution in [2.75, 3.05) is 79.7 Å². The number of anilines is 4. The van der Waals surface area contributed by atoms with Crippen LogP contribution in [0, 0.1) is 0 Å². The highest BCUT2D eigenvalue weighted by Crippen LogP contribution is 2.32. The third kappa shape index (κ3) is 22.2. The number of hydrogen-bond acceptors (Lipinski definition) is 15. The number of aryl methyl sites for hydroxylation is 2. The number of nitrogens with two attached hydrogens (primary N) is 2. The number of carbonyl (C=O) groups excluding carboxylic acids is 2. The van der Waals surface area contributed by atoms with Crippen LogP contribution in [-0.4, -0.2) is 121 Å². The zero-order chi connectivity index (χ0) is 53.8. The number of ether oxygens (including phenoxy) is 2. The minimum absolute atomic E-state index is 0.0438. The number of carboxylic acid groups (broad SMARTS) is 1. The van der Waals surface area contributed by atoms with Crippen LogP contribution in [0.25, 0.3) is 0 Å². The topological polar surface area (TPSA) is 238 Å². The number of hydrogen-bond donors (Lipinski definition) is 7. The predicted octanol–water partition coefficient (Wildman–Crippen LogP) is 10.6. The largest absolute Gasteiger partial charge is 0.508 e. The van der Waals surface area contributed by atoms with Gasteiger partial charge in [0.25, 0.3) is 5.97 Å². The van der Waals surface area contributed by atoms with E-state index in [-0.39, 0.29) is 28.9 Å². The van der Waals surface area contributed by atoms with E-state index in [0.717, 1.165) is 85.4 Å². The molecule has 2 saturated heterocycles. The van der Waals surface area contributed by atoms with Crippen LogP contribution >= 0.6 is 60.5 Å². The van der Waals surface area contributed by atoms with E-state index in [2.05, 4.69) is 55.6 Å². The first kappa shape index (κ1) is 61.2. The van der Waals surface area contributed by atoms with Gasteiger partial charge in [0.2, 0.25) is 5.78 Å². The van der Waals surface area contributed by atoms with Crippen LogP contribution in [0.1, 0.15) is 96.0 Å². The van der Waals surface area contributed by atoms with Gasteiger partial charge in [-0.05, 0) is 173 Å². The lowest BCUT2D eigenvalue weighted by molar-refractivity contribution is -0.134. The maximum atomic E-state index is 13.0. The van der Waals surface area contributed by atoms with Gasteiger partial charge in [0.15, 0.2) is 21.2 Å². The van der Waals surface area contributed by atoms with E-state index >= 15 is 0 Å². The number of rotatable bonds is 20. The van der Waals surface area contributed by atoms with Crippen LogP contribution < -0.4 is 31.6 Å². The number of aromatic nitrogens is 1. The Hall–Kier alpha value is -5.34. The fourth-order valence-corrected chi connectivity index (χ4v) is 9.84. The molecule has 0 aliphatic carbocycles. The number of nitrogens with zero attached hydrogens (tertiary/aromatic N) is 4. The Morgan fingerprint density at radius 3 is 1.76 bits per heavy atom. The number of thioether (sulfide) groups is 1. The Morgan fingerprint density at radius 1 is 0.811 bits per heavy atom. The summed E-state index contributed by atoms with van der Waals surface area (Å²) in [5, 5.41) is 34.8. The van der Waals surface area contributed by atoms with Gasteiger partial charge in [0, 0.05) is 48.0 Å². The maximum Gasteiger partial charge on any atom is 0.300 e. The molecular formula is C53H70BrN8O8PS3. The number of benzene rings is 4. The van der Waals surface area contributed by atoms with Crippen molar-refractivity contribution in [1.29, 1.82) is 0 Å². The summed E-state index contributed by atoms with van der Waals surface area (Å²) in [6.07, 6.45) is 8.52. The number of ketones is 2. The molecular weight excluding hydrogens is 1080 g/mol. The second-order valence-corrected chi connectivity index (χ2v) is 21.0. The first-order valence-corrected chi connectivity index (χ1v) is 28.7. The van der Waals surface area contributed by atoms with Gasteiger partial charge in [0.05, 0.1) is 5.33 Å². The molecule has 0 radical (unpaired) electrons. The van der Waals surface area contributed by atoms with Crippen LogP contribution in [0.3, 0.4) is 0 Å². The van der Waals surface area contributed by atoms with Crippen molar-refractivity contribution in [3.05, 3.63) is 112 Å². The number of phenols is 2. The number of aliphatic carboxylic acids is 1. The highest BCUT2D eigenvalue weighted by atomic mass is 79.9. The van der Waals surface area contributed by atoms with E-state index in [1.165, 1.54) is 75.0 Å². The predicted molar refractivity (Wildman–Crippen MR) is 314 cm³/mol. The van der Waals surface area contributed by atoms with Gasteiger partial charge in [-0.2, -0.15) is 4.99 Å². The van der Waals surface area contributed by atoms with E-state index in [1.54, 1.807) is 36.4 Å². The van der Waals surface area contributed by atoms with Gasteiger partial charge in [-0.3, -0.25) is 24.2 Å². The van der Waals surface area contributed by atoms with Crippen molar-refractivity contribution in [2.45, 2.75) is 72.1 Å². The monoisotopic (exact) mass is 1150 g/mol. The summed E-state index contributed by atoms with van der Waals surface area (Å²) in [6, 6.07) is 25.3. The molecule has 2 aliphatic heterocycles. The number of carboxylic acids is 1. The Labute approximate surface area is 459 Å². The third-order valence-electron chi connectivity index (χ3n) is 11.2. The SMILES string of the molecule is CC(=O)O.CCCc1cc(C(=O)CBr)ccc1O.CCCc1cc(C(=O)c2sc(Nc3ccc(OCCN4CCCC4)cc3)nc2N)ccc1O.NC(=NC(=S)Nc1ccc(OCCN2CCCC2)cc1)SCP. The van der Waals surface area contributed by atoms with E-state index in [4.69, 9.17) is 43.1 Å². The van der Waals surface area contributed by atoms with Crippen LogP contribution in [-0.2, 0) is 17.6 Å². The maximum absolute atomic E-state index is 13.0. The Balaban J connectivity index is 0.000000250. The summed E-state index contributed by atoms with van der Waals surface area (Å²) in [6.45, 7) is 13.2. The Bertz CT molecular complexity index is 2570. The van der Waals surface area contributed by atoms with Crippen molar-refractivity contribution in [3.63, 3.8) is 0 Å². The number of thiazole rings is 1. The highest BCUT2D eigenvalue weighted by Gasteiger charge is 2.20. The molecule has 0 bridgehead atoms. The molecule has 9 N–H and O–H groups in total. The summed E-state index contributed by atoms with van der Waals surface area (Å²) >= 11 is 10.9. The number of aliphatic imine (C=N–C) groups is 1. The van der Waals surface area contributed by atoms with Gasteiger partial charge >= 0.3 is 0 Å². The molecule has 0 saturated carbocycles. The van der Waals surface area contributed by atoms with E-state index in [0.29, 0.717) is 49.8 Å². The van der Waals surface area contributed by atoms with E-state index in [9.17, 15) is 19.8 Å². The summed E-state index contributed by atoms with van der Waals surface area (Å²) in [5.41, 5.74) is 17.0. The fraction of sp³-hybridized carbons (Fsp3) is 0.396. The molecule has 1 atom stereocenters. The lowest BCUT2D eigenvalue weighted by Crippen LogP contribution is -2.25. The van der Waals surface area contributed by atoms with Crippen molar-refractivity contribution >= 4 is 111 Å². The van der Waals surface area contributed by atoms with Crippen molar-refractivity contribution in [3.8, 4) is 23.0 Å². The summed E-state index contributed by atoms with van der Waals surface area (Å²) in [5.74, 6) is 1.38. The molecule has 74 heavy (non-hydrogen) atoms. The van der Waals surface area contributed by atoms with E-state index < -0.39 is 5.97 Å². The van der Waals surface area contributed by atoms with Crippen LogP contribution in [0.15, 0.2) is 89.9 Å². The van der Waals surface area contributed by atoms with Crippen LogP contribution in [0.4, 0.5) is 22.3 Å². The smallest absolute Gasteiger partial charge is 0.300 e. The standard InChI is InChI=1S/C25H30N4O3S.C15H23N4OPS2.C11H13BrO2.C2H4O2/c1-2-5-17-16-18(6-11-21(17)30)22(31)23-24(26)28-25(33-23)27-19-7-9-20(10-8-19)32-15-14-29-12-3-4-13-29;16-14(23-11-21)18-15(22)17-12-3-5-13(6-4-12)20-10-9-19-7-1-2-8-19;1-2-3-8-6-9(11(14)7-12)4-5-10(8)13;1-2(3)4/h6-11,16,30H,2-5,12-15,26H2,1H3,(H,27,28);3-6H,1-2,7-11,21H2,(H3,16,17,18,22);4-6,13H,2-3,7H2,1H3;1H3,(H,3,4). The molecule has 2 aliphatic rings. The molecule has 1 unspecified atom stereocenters. The average molecular weight is 1150 g/mol. The molecule has 5 aromatic rings. The number of nitrogens with one attached hydrogen (secondary N) is 2. The molecule has 3 heterocycles. The summed E-state index contributed by atoms with van der Waals surface area (Å²) < 4.78 is 11.6.